The normalized spacial score (nSPS) is 25.9. The third-order valence-corrected chi connectivity index (χ3v) is 5.18. The molecule has 0 saturated carbocycles. The lowest BCUT2D eigenvalue weighted by atomic mass is 10.0. The van der Waals surface area contributed by atoms with Crippen LogP contribution in [0, 0.1) is 5.92 Å². The molecular weight excluding hydrogens is 266 g/mol. The van der Waals surface area contributed by atoms with E-state index in [0.29, 0.717) is 18.3 Å². The van der Waals surface area contributed by atoms with E-state index in [9.17, 15) is 8.42 Å². The summed E-state index contributed by atoms with van der Waals surface area (Å²) in [5, 5.41) is 7.40. The number of hydrogen-bond acceptors (Lipinski definition) is 6. The molecule has 1 aromatic heterocycles. The Morgan fingerprint density at radius 2 is 2.21 bits per heavy atom. The number of nitrogens with two attached hydrogens (primary N) is 1. The number of hydrogen-bond donors (Lipinski definition) is 2. The molecule has 1 aliphatic heterocycles. The fraction of sp³-hybridized carbons (Fsp3) is 0.818. The topological polar surface area (TPSA) is 103 Å². The Hall–Kier alpha value is -1.31. The zero-order valence-corrected chi connectivity index (χ0v) is 12.4. The number of nitrogens with one attached hydrogen (secondary N) is 1. The first-order valence-corrected chi connectivity index (χ1v) is 8.21. The minimum Gasteiger partial charge on any atom is -0.368 e. The second-order valence-corrected chi connectivity index (χ2v) is 8.00. The van der Waals surface area contributed by atoms with Crippen LogP contribution in [0.1, 0.15) is 27.2 Å². The predicted molar refractivity (Wildman–Crippen MR) is 74.7 cm³/mol. The van der Waals surface area contributed by atoms with Crippen LogP contribution in [0.5, 0.6) is 0 Å². The first-order chi connectivity index (χ1) is 8.72. The van der Waals surface area contributed by atoms with Gasteiger partial charge in [0.1, 0.15) is 0 Å². The molecule has 0 radical (unpaired) electrons. The van der Waals surface area contributed by atoms with Gasteiger partial charge in [0.25, 0.3) is 0 Å². The van der Waals surface area contributed by atoms with Gasteiger partial charge in [-0.05, 0) is 19.3 Å². The summed E-state index contributed by atoms with van der Waals surface area (Å²) < 4.78 is 24.8. The van der Waals surface area contributed by atoms with Gasteiger partial charge >= 0.3 is 0 Å². The molecule has 1 atom stereocenters. The lowest BCUT2D eigenvalue weighted by Crippen LogP contribution is -2.33. The molecule has 2 rings (SSSR count). The molecule has 1 saturated heterocycles. The maximum absolute atomic E-state index is 11.6. The second kappa shape index (κ2) is 4.66. The smallest absolute Gasteiger partial charge is 0.243 e. The molecule has 0 amide bonds. The number of nitrogens with zero attached hydrogens (tertiary/aromatic N) is 3. The summed E-state index contributed by atoms with van der Waals surface area (Å²) in [6, 6.07) is 0. The van der Waals surface area contributed by atoms with E-state index in [0.717, 1.165) is 6.54 Å². The molecule has 0 bridgehead atoms. The number of aromatic nitrogens is 3. The van der Waals surface area contributed by atoms with Gasteiger partial charge in [-0.3, -0.25) is 0 Å². The Labute approximate surface area is 113 Å². The van der Waals surface area contributed by atoms with Gasteiger partial charge in [-0.25, -0.2) is 13.1 Å². The summed E-state index contributed by atoms with van der Waals surface area (Å²) in [6.07, 6.45) is 0.520. The van der Waals surface area contributed by atoms with E-state index in [-0.39, 0.29) is 17.5 Å². The first-order valence-electron chi connectivity index (χ1n) is 6.39. The van der Waals surface area contributed by atoms with Gasteiger partial charge < -0.3 is 11.1 Å². The van der Waals surface area contributed by atoms with E-state index < -0.39 is 15.4 Å². The molecule has 8 heteroatoms. The van der Waals surface area contributed by atoms with Crippen LogP contribution in [0.4, 0.5) is 11.9 Å². The van der Waals surface area contributed by atoms with Crippen LogP contribution in [-0.4, -0.2) is 41.2 Å². The molecule has 1 unspecified atom stereocenters. The molecule has 3 N–H and O–H groups in total. The number of anilines is 2. The fourth-order valence-corrected chi connectivity index (χ4v) is 4.36. The highest BCUT2D eigenvalue weighted by Gasteiger charge is 2.42. The summed E-state index contributed by atoms with van der Waals surface area (Å²) in [4.78, 5) is 4.14. The van der Waals surface area contributed by atoms with Gasteiger partial charge in [-0.1, -0.05) is 13.8 Å². The van der Waals surface area contributed by atoms with Gasteiger partial charge in [-0.2, -0.15) is 4.98 Å². The van der Waals surface area contributed by atoms with E-state index in [1.807, 2.05) is 6.92 Å². The summed E-state index contributed by atoms with van der Waals surface area (Å²) >= 11 is 0. The van der Waals surface area contributed by atoms with Crippen molar-refractivity contribution in [3.05, 3.63) is 0 Å². The standard InChI is InChI=1S/C11H21N5O2S/c1-8(2)6-13-10-14-9(12)16(15-10)11(3)4-5-19(17,18)7-11/h8H,4-7H2,1-3H3,(H3,12,13,14,15). The lowest BCUT2D eigenvalue weighted by molar-refractivity contribution is 0.334. The van der Waals surface area contributed by atoms with Crippen LogP contribution >= 0.6 is 0 Å². The minimum atomic E-state index is -3.00. The molecule has 0 aromatic carbocycles. The maximum atomic E-state index is 11.6. The van der Waals surface area contributed by atoms with Gasteiger partial charge in [0, 0.05) is 6.54 Å². The number of sulfone groups is 1. The molecular formula is C11H21N5O2S. The van der Waals surface area contributed by atoms with Crippen molar-refractivity contribution >= 4 is 21.7 Å². The molecule has 19 heavy (non-hydrogen) atoms. The molecule has 7 nitrogen and oxygen atoms in total. The Morgan fingerprint density at radius 3 is 2.74 bits per heavy atom. The van der Waals surface area contributed by atoms with Crippen LogP contribution in [0.2, 0.25) is 0 Å². The van der Waals surface area contributed by atoms with Gasteiger partial charge in [-0.15, -0.1) is 5.10 Å². The van der Waals surface area contributed by atoms with Crippen LogP contribution in [0.25, 0.3) is 0 Å². The van der Waals surface area contributed by atoms with E-state index in [2.05, 4.69) is 29.2 Å². The third kappa shape index (κ3) is 2.99. The van der Waals surface area contributed by atoms with Crippen LogP contribution < -0.4 is 11.1 Å². The van der Waals surface area contributed by atoms with Crippen molar-refractivity contribution in [2.75, 3.05) is 29.1 Å². The molecule has 0 aliphatic carbocycles. The highest BCUT2D eigenvalue weighted by Crippen LogP contribution is 2.32. The average Bonchev–Trinajstić information content (AvgIpc) is 2.78. The zero-order chi connectivity index (χ0) is 14.3. The summed E-state index contributed by atoms with van der Waals surface area (Å²) in [7, 11) is -3.00. The van der Waals surface area contributed by atoms with E-state index in [1.54, 1.807) is 4.68 Å². The first kappa shape index (κ1) is 14.1. The lowest BCUT2D eigenvalue weighted by Gasteiger charge is -2.22. The summed E-state index contributed by atoms with van der Waals surface area (Å²) in [5.41, 5.74) is 5.27. The third-order valence-electron chi connectivity index (χ3n) is 3.29. The van der Waals surface area contributed by atoms with Crippen LogP contribution in [0.3, 0.4) is 0 Å². The zero-order valence-electron chi connectivity index (χ0n) is 11.5. The maximum Gasteiger partial charge on any atom is 0.243 e. The largest absolute Gasteiger partial charge is 0.368 e. The highest BCUT2D eigenvalue weighted by atomic mass is 32.2. The Bertz CT molecular complexity index is 566. The van der Waals surface area contributed by atoms with E-state index in [1.165, 1.54) is 0 Å². The molecule has 108 valence electrons. The summed E-state index contributed by atoms with van der Waals surface area (Å²) in [6.45, 7) is 6.77. The van der Waals surface area contributed by atoms with E-state index in [4.69, 9.17) is 5.73 Å². The molecule has 1 aromatic rings. The van der Waals surface area contributed by atoms with Crippen molar-refractivity contribution in [1.29, 1.82) is 0 Å². The van der Waals surface area contributed by atoms with Crippen molar-refractivity contribution in [3.8, 4) is 0 Å². The Morgan fingerprint density at radius 1 is 1.53 bits per heavy atom. The molecule has 0 spiro atoms. The number of rotatable bonds is 4. The van der Waals surface area contributed by atoms with Crippen molar-refractivity contribution in [2.24, 2.45) is 5.92 Å². The van der Waals surface area contributed by atoms with E-state index >= 15 is 0 Å². The quantitative estimate of drug-likeness (QED) is 0.834. The highest BCUT2D eigenvalue weighted by molar-refractivity contribution is 7.91. The second-order valence-electron chi connectivity index (χ2n) is 5.82. The van der Waals surface area contributed by atoms with Crippen molar-refractivity contribution < 1.29 is 8.42 Å². The van der Waals surface area contributed by atoms with Gasteiger partial charge in [0.2, 0.25) is 11.9 Å². The van der Waals surface area contributed by atoms with Crippen molar-refractivity contribution in [3.63, 3.8) is 0 Å². The van der Waals surface area contributed by atoms with Gasteiger partial charge in [0.15, 0.2) is 9.84 Å². The Kier molecular flexibility index (Phi) is 3.46. The number of nitrogen functional groups attached to an aromatic ring is 1. The fourth-order valence-electron chi connectivity index (χ4n) is 2.25. The predicted octanol–water partition coefficient (Wildman–Crippen LogP) is 0.462. The Balaban J connectivity index is 2.21. The molecule has 2 heterocycles. The van der Waals surface area contributed by atoms with Crippen LogP contribution in [-0.2, 0) is 15.4 Å². The van der Waals surface area contributed by atoms with Crippen molar-refractivity contribution in [1.82, 2.24) is 14.8 Å². The molecule has 1 aliphatic rings. The summed E-state index contributed by atoms with van der Waals surface area (Å²) in [5.74, 6) is 1.42. The SMILES string of the molecule is CC(C)CNc1nc(N)n(C2(C)CCS(=O)(=O)C2)n1. The average molecular weight is 287 g/mol. The van der Waals surface area contributed by atoms with Gasteiger partial charge in [0.05, 0.1) is 17.0 Å². The minimum absolute atomic E-state index is 0.0666. The molecule has 1 fully saturated rings. The van der Waals surface area contributed by atoms with Crippen molar-refractivity contribution in [2.45, 2.75) is 32.7 Å². The monoisotopic (exact) mass is 287 g/mol. The van der Waals surface area contributed by atoms with Crippen LogP contribution in [0.15, 0.2) is 0 Å².